The van der Waals surface area contributed by atoms with Crippen molar-refractivity contribution in [2.45, 2.75) is 57.5 Å². The van der Waals surface area contributed by atoms with E-state index in [9.17, 15) is 13.2 Å². The molecule has 162 valence electrons. The van der Waals surface area contributed by atoms with Crippen LogP contribution in [-0.2, 0) is 27.7 Å². The van der Waals surface area contributed by atoms with E-state index >= 15 is 0 Å². The second-order valence-electron chi connectivity index (χ2n) is 7.46. The first-order valence-corrected chi connectivity index (χ1v) is 12.0. The molecule has 2 aromatic rings. The van der Waals surface area contributed by atoms with Crippen molar-refractivity contribution < 1.29 is 17.9 Å². The van der Waals surface area contributed by atoms with E-state index in [1.54, 1.807) is 32.9 Å². The lowest BCUT2D eigenvalue weighted by atomic mass is 9.91. The summed E-state index contributed by atoms with van der Waals surface area (Å²) in [5.41, 5.74) is 3.04. The molecule has 0 unspecified atom stereocenters. The highest BCUT2D eigenvalue weighted by atomic mass is 32.2. The summed E-state index contributed by atoms with van der Waals surface area (Å²) in [6, 6.07) is 12.3. The number of carbonyl (C=O) groups is 1. The Balaban J connectivity index is 1.66. The van der Waals surface area contributed by atoms with Crippen molar-refractivity contribution in [3.63, 3.8) is 0 Å². The predicted octanol–water partition coefficient (Wildman–Crippen LogP) is 4.00. The number of hydrogen-bond acceptors (Lipinski definition) is 4. The number of carbonyl (C=O) groups excluding carboxylic acids is 1. The monoisotopic (exact) mass is 430 g/mol. The first kappa shape index (κ1) is 22.3. The van der Waals surface area contributed by atoms with Gasteiger partial charge >= 0.3 is 0 Å². The molecule has 0 fully saturated rings. The van der Waals surface area contributed by atoms with Gasteiger partial charge < -0.3 is 10.1 Å². The number of sulfonamides is 1. The normalized spacial score (nSPS) is 14.8. The van der Waals surface area contributed by atoms with Crippen LogP contribution in [0.5, 0.6) is 5.75 Å². The number of benzene rings is 2. The lowest BCUT2D eigenvalue weighted by molar-refractivity contribution is -0.122. The Hall–Kier alpha value is -2.38. The van der Waals surface area contributed by atoms with Gasteiger partial charge in [-0.05, 0) is 74.1 Å². The number of anilines is 1. The zero-order valence-corrected chi connectivity index (χ0v) is 18.7. The van der Waals surface area contributed by atoms with E-state index in [0.717, 1.165) is 25.0 Å². The van der Waals surface area contributed by atoms with Crippen LogP contribution in [0.1, 0.15) is 44.7 Å². The predicted molar refractivity (Wildman–Crippen MR) is 118 cm³/mol. The number of nitrogens with one attached hydrogen (secondary N) is 1. The zero-order chi connectivity index (χ0) is 21.7. The van der Waals surface area contributed by atoms with Gasteiger partial charge in [0.25, 0.3) is 5.91 Å². The molecule has 0 heterocycles. The minimum Gasteiger partial charge on any atom is -0.481 e. The summed E-state index contributed by atoms with van der Waals surface area (Å²) in [7, 11) is -3.52. The van der Waals surface area contributed by atoms with Crippen molar-refractivity contribution >= 4 is 21.6 Å². The van der Waals surface area contributed by atoms with Crippen LogP contribution in [-0.4, -0.2) is 37.8 Å². The van der Waals surface area contributed by atoms with Gasteiger partial charge in [-0.3, -0.25) is 4.79 Å². The number of ether oxygens (including phenoxy) is 1. The molecule has 1 amide bonds. The van der Waals surface area contributed by atoms with Crippen LogP contribution >= 0.6 is 0 Å². The Morgan fingerprint density at radius 2 is 1.73 bits per heavy atom. The zero-order valence-electron chi connectivity index (χ0n) is 17.8. The molecule has 2 aromatic carbocycles. The molecule has 0 saturated heterocycles. The van der Waals surface area contributed by atoms with E-state index in [1.807, 2.05) is 12.1 Å². The summed E-state index contributed by atoms with van der Waals surface area (Å²) >= 11 is 0. The highest BCUT2D eigenvalue weighted by Crippen LogP contribution is 2.30. The SMILES string of the molecule is CCN(CC)S(=O)(=O)c1ccc(NC(=O)[C@@H](C)Oc2cccc3c2CCCC3)cc1. The van der Waals surface area contributed by atoms with Gasteiger partial charge in [0.15, 0.2) is 6.10 Å². The summed E-state index contributed by atoms with van der Waals surface area (Å²) in [5.74, 6) is 0.498. The van der Waals surface area contributed by atoms with Crippen molar-refractivity contribution in [1.82, 2.24) is 4.31 Å². The second kappa shape index (κ2) is 9.62. The molecule has 0 radical (unpaired) electrons. The minimum absolute atomic E-state index is 0.212. The highest BCUT2D eigenvalue weighted by molar-refractivity contribution is 7.89. The molecule has 3 rings (SSSR count). The van der Waals surface area contributed by atoms with E-state index in [0.29, 0.717) is 18.8 Å². The quantitative estimate of drug-likeness (QED) is 0.687. The maximum atomic E-state index is 12.6. The lowest BCUT2D eigenvalue weighted by Crippen LogP contribution is -2.31. The molecule has 1 N–H and O–H groups in total. The van der Waals surface area contributed by atoms with Crippen molar-refractivity contribution in [2.24, 2.45) is 0 Å². The minimum atomic E-state index is -3.52. The third-order valence-electron chi connectivity index (χ3n) is 5.49. The number of hydrogen-bond donors (Lipinski definition) is 1. The van der Waals surface area contributed by atoms with Crippen molar-refractivity contribution in [1.29, 1.82) is 0 Å². The number of aryl methyl sites for hydroxylation is 1. The Labute approximate surface area is 179 Å². The summed E-state index contributed by atoms with van der Waals surface area (Å²) in [4.78, 5) is 12.8. The van der Waals surface area contributed by atoms with Crippen LogP contribution in [0.4, 0.5) is 5.69 Å². The Morgan fingerprint density at radius 1 is 1.07 bits per heavy atom. The van der Waals surface area contributed by atoms with Crippen LogP contribution in [0.25, 0.3) is 0 Å². The molecule has 7 heteroatoms. The maximum Gasteiger partial charge on any atom is 0.265 e. The lowest BCUT2D eigenvalue weighted by Gasteiger charge is -2.22. The van der Waals surface area contributed by atoms with E-state index in [1.165, 1.54) is 34.0 Å². The van der Waals surface area contributed by atoms with Gasteiger partial charge in [0.2, 0.25) is 10.0 Å². The third kappa shape index (κ3) is 4.84. The van der Waals surface area contributed by atoms with Gasteiger partial charge in [0.1, 0.15) is 5.75 Å². The standard InChI is InChI=1S/C23H30N2O4S/c1-4-25(5-2)30(27,28)20-15-13-19(14-16-20)24-23(26)17(3)29-22-12-8-10-18-9-6-7-11-21(18)22/h8,10,12-17H,4-7,9,11H2,1-3H3,(H,24,26)/t17-/m1/s1. The molecule has 1 aliphatic carbocycles. The van der Waals surface area contributed by atoms with E-state index in [2.05, 4.69) is 11.4 Å². The topological polar surface area (TPSA) is 75.7 Å². The van der Waals surface area contributed by atoms with Crippen molar-refractivity contribution in [3.05, 3.63) is 53.6 Å². The molecule has 0 aliphatic heterocycles. The fourth-order valence-electron chi connectivity index (χ4n) is 3.77. The summed E-state index contributed by atoms with van der Waals surface area (Å²) in [6.07, 6.45) is 3.68. The molecular weight excluding hydrogens is 400 g/mol. The highest BCUT2D eigenvalue weighted by Gasteiger charge is 2.22. The third-order valence-corrected chi connectivity index (χ3v) is 7.56. The first-order valence-electron chi connectivity index (χ1n) is 10.5. The number of rotatable bonds is 8. The summed E-state index contributed by atoms with van der Waals surface area (Å²) in [5, 5.41) is 2.81. The van der Waals surface area contributed by atoms with Gasteiger partial charge in [-0.25, -0.2) is 8.42 Å². The molecule has 0 aromatic heterocycles. The molecule has 6 nitrogen and oxygen atoms in total. The Kier molecular flexibility index (Phi) is 7.15. The van der Waals surface area contributed by atoms with Crippen LogP contribution in [0, 0.1) is 0 Å². The Morgan fingerprint density at radius 3 is 2.40 bits per heavy atom. The van der Waals surface area contributed by atoms with E-state index in [-0.39, 0.29) is 10.8 Å². The van der Waals surface area contributed by atoms with Gasteiger partial charge in [-0.1, -0.05) is 26.0 Å². The van der Waals surface area contributed by atoms with Crippen molar-refractivity contribution in [2.75, 3.05) is 18.4 Å². The number of nitrogens with zero attached hydrogens (tertiary/aromatic N) is 1. The fraction of sp³-hybridized carbons (Fsp3) is 0.435. The molecule has 0 saturated carbocycles. The van der Waals surface area contributed by atoms with Gasteiger partial charge in [0.05, 0.1) is 4.90 Å². The van der Waals surface area contributed by atoms with Gasteiger partial charge in [-0.15, -0.1) is 0 Å². The van der Waals surface area contributed by atoms with Crippen LogP contribution in [0.15, 0.2) is 47.4 Å². The van der Waals surface area contributed by atoms with Gasteiger partial charge in [-0.2, -0.15) is 4.31 Å². The van der Waals surface area contributed by atoms with Crippen LogP contribution in [0.2, 0.25) is 0 Å². The average Bonchev–Trinajstić information content (AvgIpc) is 2.75. The average molecular weight is 431 g/mol. The molecule has 30 heavy (non-hydrogen) atoms. The molecule has 0 bridgehead atoms. The van der Waals surface area contributed by atoms with E-state index < -0.39 is 16.1 Å². The number of fused-ring (bicyclic) bond motifs is 1. The van der Waals surface area contributed by atoms with Crippen molar-refractivity contribution in [3.8, 4) is 5.75 Å². The number of amides is 1. The molecular formula is C23H30N2O4S. The van der Waals surface area contributed by atoms with Gasteiger partial charge in [0, 0.05) is 18.8 Å². The second-order valence-corrected chi connectivity index (χ2v) is 9.40. The molecule has 0 spiro atoms. The summed E-state index contributed by atoms with van der Waals surface area (Å²) in [6.45, 7) is 6.16. The fourth-order valence-corrected chi connectivity index (χ4v) is 5.23. The first-order chi connectivity index (χ1) is 14.4. The Bertz CT molecular complexity index is 983. The maximum absolute atomic E-state index is 12.6. The smallest absolute Gasteiger partial charge is 0.265 e. The van der Waals surface area contributed by atoms with Crippen LogP contribution < -0.4 is 10.1 Å². The molecule has 1 atom stereocenters. The van der Waals surface area contributed by atoms with E-state index in [4.69, 9.17) is 4.74 Å². The van der Waals surface area contributed by atoms with Crippen LogP contribution in [0.3, 0.4) is 0 Å². The molecule has 1 aliphatic rings. The largest absolute Gasteiger partial charge is 0.481 e. The summed E-state index contributed by atoms with van der Waals surface area (Å²) < 4.78 is 32.5.